The molecule has 1 aromatic heterocycles. The van der Waals surface area contributed by atoms with Gasteiger partial charge in [0.05, 0.1) is 4.92 Å². The third kappa shape index (κ3) is 2.63. The quantitative estimate of drug-likeness (QED) is 0.664. The Morgan fingerprint density at radius 1 is 1.20 bits per heavy atom. The van der Waals surface area contributed by atoms with Crippen LogP contribution in [0.3, 0.4) is 0 Å². The van der Waals surface area contributed by atoms with E-state index in [1.807, 2.05) is 0 Å². The minimum Gasteiger partial charge on any atom is -0.373 e. The van der Waals surface area contributed by atoms with Crippen molar-refractivity contribution < 1.29 is 13.7 Å². The van der Waals surface area contributed by atoms with Gasteiger partial charge >= 0.3 is 5.69 Å². The van der Waals surface area contributed by atoms with E-state index in [0.29, 0.717) is 5.82 Å². The van der Waals surface area contributed by atoms with Crippen LogP contribution in [0.2, 0.25) is 0 Å². The number of hydrogen-bond donors (Lipinski definition) is 2. The van der Waals surface area contributed by atoms with E-state index in [0.717, 1.165) is 12.1 Å². The Balaban J connectivity index is 2.49. The van der Waals surface area contributed by atoms with Crippen LogP contribution in [0.5, 0.6) is 0 Å². The third-order valence-electron chi connectivity index (χ3n) is 2.53. The number of nitrogens with zero attached hydrogens (tertiary/aromatic N) is 2. The molecule has 1 aromatic carbocycles. The van der Waals surface area contributed by atoms with Gasteiger partial charge in [0, 0.05) is 13.1 Å². The first-order chi connectivity index (χ1) is 9.52. The largest absolute Gasteiger partial charge is 0.373 e. The van der Waals surface area contributed by atoms with E-state index < -0.39 is 22.2 Å². The average Bonchev–Trinajstić information content (AvgIpc) is 2.42. The van der Waals surface area contributed by atoms with Crippen LogP contribution in [-0.4, -0.2) is 17.0 Å². The molecule has 2 N–H and O–H groups in total. The number of rotatable bonds is 4. The fourth-order valence-electron chi connectivity index (χ4n) is 1.57. The van der Waals surface area contributed by atoms with Crippen LogP contribution in [-0.2, 0) is 0 Å². The van der Waals surface area contributed by atoms with Gasteiger partial charge in [0.1, 0.15) is 23.1 Å². The molecule has 20 heavy (non-hydrogen) atoms. The summed E-state index contributed by atoms with van der Waals surface area (Å²) >= 11 is 0. The summed E-state index contributed by atoms with van der Waals surface area (Å²) < 4.78 is 27.1. The molecule has 104 valence electrons. The maximum atomic E-state index is 13.5. The number of halogens is 2. The number of anilines is 3. The van der Waals surface area contributed by atoms with Crippen molar-refractivity contribution in [1.82, 2.24) is 4.98 Å². The van der Waals surface area contributed by atoms with Gasteiger partial charge in [-0.25, -0.2) is 13.8 Å². The molecule has 0 atom stereocenters. The van der Waals surface area contributed by atoms with E-state index in [1.165, 1.54) is 18.2 Å². The maximum absolute atomic E-state index is 13.5. The van der Waals surface area contributed by atoms with Crippen molar-refractivity contribution >= 4 is 23.0 Å². The molecule has 8 heteroatoms. The SMILES string of the molecule is CNc1ccc([N+](=O)[O-])c(Nc2c(F)cccc2F)n1. The monoisotopic (exact) mass is 280 g/mol. The normalized spacial score (nSPS) is 10.2. The Morgan fingerprint density at radius 2 is 1.85 bits per heavy atom. The molecule has 6 nitrogen and oxygen atoms in total. The highest BCUT2D eigenvalue weighted by molar-refractivity contribution is 5.68. The van der Waals surface area contributed by atoms with Crippen molar-refractivity contribution in [3.05, 3.63) is 52.1 Å². The van der Waals surface area contributed by atoms with Gasteiger partial charge in [0.2, 0.25) is 5.82 Å². The summed E-state index contributed by atoms with van der Waals surface area (Å²) in [5.74, 6) is -1.65. The van der Waals surface area contributed by atoms with Gasteiger partial charge in [0.15, 0.2) is 0 Å². The lowest BCUT2D eigenvalue weighted by atomic mass is 10.2. The molecule has 0 amide bonds. The molecule has 0 aliphatic carbocycles. The van der Waals surface area contributed by atoms with E-state index in [4.69, 9.17) is 0 Å². The topological polar surface area (TPSA) is 80.1 Å². The standard InChI is InChI=1S/C12H10F2N4O2/c1-15-10-6-5-9(18(19)20)12(16-10)17-11-7(13)3-2-4-8(11)14/h2-6H,1H3,(H2,15,16,17). The Hall–Kier alpha value is -2.77. The summed E-state index contributed by atoms with van der Waals surface area (Å²) in [5.41, 5.74) is -0.872. The lowest BCUT2D eigenvalue weighted by Crippen LogP contribution is -2.04. The van der Waals surface area contributed by atoms with Crippen LogP contribution in [0.15, 0.2) is 30.3 Å². The first kappa shape index (κ1) is 13.7. The van der Waals surface area contributed by atoms with E-state index in [9.17, 15) is 18.9 Å². The van der Waals surface area contributed by atoms with Gasteiger partial charge < -0.3 is 10.6 Å². The Morgan fingerprint density at radius 3 is 2.40 bits per heavy atom. The Labute approximate surface area is 112 Å². The Kier molecular flexibility index (Phi) is 3.74. The van der Waals surface area contributed by atoms with Crippen LogP contribution >= 0.6 is 0 Å². The molecule has 0 aliphatic heterocycles. The van der Waals surface area contributed by atoms with Crippen molar-refractivity contribution in [2.45, 2.75) is 0 Å². The highest BCUT2D eigenvalue weighted by Gasteiger charge is 2.19. The van der Waals surface area contributed by atoms with E-state index in [2.05, 4.69) is 15.6 Å². The lowest BCUT2D eigenvalue weighted by molar-refractivity contribution is -0.384. The molecule has 0 unspecified atom stereocenters. The zero-order valence-corrected chi connectivity index (χ0v) is 10.4. The van der Waals surface area contributed by atoms with Crippen LogP contribution in [0.4, 0.5) is 31.8 Å². The summed E-state index contributed by atoms with van der Waals surface area (Å²) in [6, 6.07) is 5.86. The molecule has 0 spiro atoms. The zero-order chi connectivity index (χ0) is 14.7. The van der Waals surface area contributed by atoms with Crippen LogP contribution < -0.4 is 10.6 Å². The number of para-hydroxylation sites is 1. The van der Waals surface area contributed by atoms with Crippen molar-refractivity contribution in [1.29, 1.82) is 0 Å². The maximum Gasteiger partial charge on any atom is 0.311 e. The molecule has 1 heterocycles. The van der Waals surface area contributed by atoms with Gasteiger partial charge in [0.25, 0.3) is 0 Å². The average molecular weight is 280 g/mol. The molecular formula is C12H10F2N4O2. The summed E-state index contributed by atoms with van der Waals surface area (Å²) in [5, 5.41) is 15.9. The van der Waals surface area contributed by atoms with E-state index >= 15 is 0 Å². The predicted molar refractivity (Wildman–Crippen MR) is 70.1 cm³/mol. The fourth-order valence-corrected chi connectivity index (χ4v) is 1.57. The van der Waals surface area contributed by atoms with E-state index in [1.54, 1.807) is 7.05 Å². The minimum atomic E-state index is -0.865. The molecule has 0 saturated carbocycles. The van der Waals surface area contributed by atoms with Crippen molar-refractivity contribution in [3.63, 3.8) is 0 Å². The second kappa shape index (κ2) is 5.47. The summed E-state index contributed by atoms with van der Waals surface area (Å²) in [6.45, 7) is 0. The predicted octanol–water partition coefficient (Wildman–Crippen LogP) is 3.05. The second-order valence-electron chi connectivity index (χ2n) is 3.79. The summed E-state index contributed by atoms with van der Waals surface area (Å²) in [7, 11) is 1.57. The van der Waals surface area contributed by atoms with Gasteiger partial charge in [-0.3, -0.25) is 10.1 Å². The number of nitrogens with one attached hydrogen (secondary N) is 2. The van der Waals surface area contributed by atoms with E-state index in [-0.39, 0.29) is 11.5 Å². The summed E-state index contributed by atoms with van der Waals surface area (Å²) in [6.07, 6.45) is 0. The van der Waals surface area contributed by atoms with Gasteiger partial charge in [-0.1, -0.05) is 6.07 Å². The lowest BCUT2D eigenvalue weighted by Gasteiger charge is -2.09. The number of nitro groups is 1. The number of aromatic nitrogens is 1. The summed E-state index contributed by atoms with van der Waals surface area (Å²) in [4.78, 5) is 14.1. The van der Waals surface area contributed by atoms with Crippen LogP contribution in [0.1, 0.15) is 0 Å². The van der Waals surface area contributed by atoms with Crippen LogP contribution in [0, 0.1) is 21.7 Å². The first-order valence-corrected chi connectivity index (χ1v) is 5.57. The number of hydrogen-bond acceptors (Lipinski definition) is 5. The van der Waals surface area contributed by atoms with Crippen LogP contribution in [0.25, 0.3) is 0 Å². The third-order valence-corrected chi connectivity index (χ3v) is 2.53. The minimum absolute atomic E-state index is 0.245. The van der Waals surface area contributed by atoms with Crippen molar-refractivity contribution in [2.24, 2.45) is 0 Å². The zero-order valence-electron chi connectivity index (χ0n) is 10.4. The molecule has 0 saturated heterocycles. The number of benzene rings is 1. The Bertz CT molecular complexity index is 644. The highest BCUT2D eigenvalue weighted by Crippen LogP contribution is 2.29. The molecule has 0 aliphatic rings. The molecule has 0 radical (unpaired) electrons. The highest BCUT2D eigenvalue weighted by atomic mass is 19.1. The van der Waals surface area contributed by atoms with Gasteiger partial charge in [-0.2, -0.15) is 0 Å². The molecule has 0 fully saturated rings. The molecule has 2 aromatic rings. The first-order valence-electron chi connectivity index (χ1n) is 5.57. The number of pyridine rings is 1. The molecule has 0 bridgehead atoms. The smallest absolute Gasteiger partial charge is 0.311 e. The fraction of sp³-hybridized carbons (Fsp3) is 0.0833. The van der Waals surface area contributed by atoms with Gasteiger partial charge in [-0.15, -0.1) is 0 Å². The molecular weight excluding hydrogens is 270 g/mol. The van der Waals surface area contributed by atoms with Gasteiger partial charge in [-0.05, 0) is 18.2 Å². The molecule has 2 rings (SSSR count). The van der Waals surface area contributed by atoms with Crippen molar-refractivity contribution in [2.75, 3.05) is 17.7 Å². The second-order valence-corrected chi connectivity index (χ2v) is 3.79. The van der Waals surface area contributed by atoms with Crippen molar-refractivity contribution in [3.8, 4) is 0 Å².